The molecule has 1 saturated carbocycles. The smallest absolute Gasteiger partial charge is 0.342 e. The van der Waals surface area contributed by atoms with Crippen molar-refractivity contribution in [2.75, 3.05) is 21.2 Å². The van der Waals surface area contributed by atoms with E-state index in [-0.39, 0.29) is 23.2 Å². The van der Waals surface area contributed by atoms with Crippen molar-refractivity contribution in [2.45, 2.75) is 25.8 Å². The summed E-state index contributed by atoms with van der Waals surface area (Å²) in [5.74, 6) is -0.950. The van der Waals surface area contributed by atoms with Crippen LogP contribution in [0.1, 0.15) is 25.0 Å². The van der Waals surface area contributed by atoms with Gasteiger partial charge in [-0.3, -0.25) is 9.48 Å². The fourth-order valence-electron chi connectivity index (χ4n) is 2.23. The molecule has 1 aliphatic rings. The molecule has 0 spiro atoms. The molecule has 21 heavy (non-hydrogen) atoms. The highest BCUT2D eigenvalue weighted by atomic mass is 16.5. The zero-order chi connectivity index (χ0) is 15.6. The highest BCUT2D eigenvalue weighted by Crippen LogP contribution is 2.48. The minimum Gasteiger partial charge on any atom is -0.465 e. The molecule has 7 heteroatoms. The quantitative estimate of drug-likeness (QED) is 0.330. The van der Waals surface area contributed by atoms with E-state index in [9.17, 15) is 9.59 Å². The van der Waals surface area contributed by atoms with Crippen molar-refractivity contribution < 1.29 is 14.3 Å². The Kier molecular flexibility index (Phi) is 4.40. The van der Waals surface area contributed by atoms with Gasteiger partial charge in [-0.2, -0.15) is 0 Å². The molecule has 1 aromatic rings. The van der Waals surface area contributed by atoms with Gasteiger partial charge in [-0.05, 0) is 13.3 Å². The molecule has 114 valence electrons. The van der Waals surface area contributed by atoms with Crippen LogP contribution in [0.3, 0.4) is 0 Å². The summed E-state index contributed by atoms with van der Waals surface area (Å²) >= 11 is 0. The molecule has 1 fully saturated rings. The molecule has 1 aromatic heterocycles. The molecule has 0 saturated heterocycles. The summed E-state index contributed by atoms with van der Waals surface area (Å²) in [6.07, 6.45) is 4.06. The standard InChI is InChI=1S/C14H20N4O3/c1-5-18-8-12(15-16-18)9-6-10(9)13(19)11(7-17(2)3)14(20)21-4/h7-10H,5-6H2,1-4H3. The number of nitrogens with zero attached hydrogens (tertiary/aromatic N) is 4. The molecule has 7 nitrogen and oxygen atoms in total. The van der Waals surface area contributed by atoms with Crippen LogP contribution in [-0.4, -0.2) is 52.9 Å². The van der Waals surface area contributed by atoms with Crippen LogP contribution >= 0.6 is 0 Å². The van der Waals surface area contributed by atoms with Crippen LogP contribution in [0.2, 0.25) is 0 Å². The van der Waals surface area contributed by atoms with Crippen LogP contribution in [-0.2, 0) is 20.9 Å². The number of methoxy groups -OCH3 is 1. The highest BCUT2D eigenvalue weighted by Gasteiger charge is 2.47. The van der Waals surface area contributed by atoms with Crippen LogP contribution < -0.4 is 0 Å². The van der Waals surface area contributed by atoms with Gasteiger partial charge in [0.25, 0.3) is 0 Å². The lowest BCUT2D eigenvalue weighted by Crippen LogP contribution is -2.19. The Morgan fingerprint density at radius 1 is 1.52 bits per heavy atom. The van der Waals surface area contributed by atoms with Crippen LogP contribution in [0, 0.1) is 5.92 Å². The van der Waals surface area contributed by atoms with Crippen molar-refractivity contribution >= 4 is 11.8 Å². The number of Topliss-reactive ketones (excluding diaryl/α,β-unsaturated/α-hetero) is 1. The summed E-state index contributed by atoms with van der Waals surface area (Å²) in [5, 5.41) is 8.06. The van der Waals surface area contributed by atoms with Crippen LogP contribution in [0.15, 0.2) is 18.0 Å². The average molecular weight is 292 g/mol. The van der Waals surface area contributed by atoms with Gasteiger partial charge in [0.05, 0.1) is 12.8 Å². The van der Waals surface area contributed by atoms with Gasteiger partial charge in [-0.15, -0.1) is 5.10 Å². The first kappa shape index (κ1) is 15.2. The molecule has 0 aromatic carbocycles. The third-order valence-corrected chi connectivity index (χ3v) is 3.45. The fourth-order valence-corrected chi connectivity index (χ4v) is 2.23. The van der Waals surface area contributed by atoms with Gasteiger partial charge in [0.2, 0.25) is 0 Å². The molecule has 2 rings (SSSR count). The molecule has 0 N–H and O–H groups in total. The van der Waals surface area contributed by atoms with Gasteiger partial charge in [-0.1, -0.05) is 5.21 Å². The number of hydrogen-bond acceptors (Lipinski definition) is 6. The van der Waals surface area contributed by atoms with Gasteiger partial charge < -0.3 is 9.64 Å². The molecular formula is C14H20N4O3. The third kappa shape index (κ3) is 3.29. The molecule has 0 amide bonds. The summed E-state index contributed by atoms with van der Waals surface area (Å²) < 4.78 is 6.42. The largest absolute Gasteiger partial charge is 0.465 e. The zero-order valence-corrected chi connectivity index (χ0v) is 12.7. The van der Waals surface area contributed by atoms with Crippen molar-refractivity contribution in [1.29, 1.82) is 0 Å². The summed E-state index contributed by atoms with van der Waals surface area (Å²) in [6.45, 7) is 2.72. The Balaban J connectivity index is 2.11. The monoisotopic (exact) mass is 292 g/mol. The summed E-state index contributed by atoms with van der Waals surface area (Å²) in [6, 6.07) is 0. The molecule has 0 aliphatic heterocycles. The second-order valence-electron chi connectivity index (χ2n) is 5.31. The van der Waals surface area contributed by atoms with Gasteiger partial charge in [0, 0.05) is 44.9 Å². The number of aromatic nitrogens is 3. The van der Waals surface area contributed by atoms with E-state index < -0.39 is 5.97 Å². The topological polar surface area (TPSA) is 77.3 Å². The van der Waals surface area contributed by atoms with E-state index in [1.807, 2.05) is 13.1 Å². The Morgan fingerprint density at radius 2 is 2.24 bits per heavy atom. The Bertz CT molecular complexity index is 577. The molecule has 2 unspecified atom stereocenters. The van der Waals surface area contributed by atoms with E-state index in [2.05, 4.69) is 15.0 Å². The van der Waals surface area contributed by atoms with Gasteiger partial charge in [0.15, 0.2) is 5.78 Å². The van der Waals surface area contributed by atoms with Gasteiger partial charge in [0.1, 0.15) is 5.57 Å². The first-order valence-electron chi connectivity index (χ1n) is 6.88. The van der Waals surface area contributed by atoms with E-state index in [0.29, 0.717) is 6.42 Å². The normalized spacial score (nSPS) is 21.0. The predicted octanol–water partition coefficient (Wildman–Crippen LogP) is 0.589. The van der Waals surface area contributed by atoms with Crippen LogP contribution in [0.4, 0.5) is 0 Å². The number of carbonyl (C=O) groups excluding carboxylic acids is 2. The molecule has 0 radical (unpaired) electrons. The minimum absolute atomic E-state index is 0.0491. The Morgan fingerprint density at radius 3 is 2.76 bits per heavy atom. The number of ether oxygens (including phenoxy) is 1. The lowest BCUT2D eigenvalue weighted by Gasteiger charge is -2.09. The lowest BCUT2D eigenvalue weighted by molar-refractivity contribution is -0.138. The fraction of sp³-hybridized carbons (Fsp3) is 0.571. The van der Waals surface area contributed by atoms with Gasteiger partial charge in [-0.25, -0.2) is 4.79 Å². The lowest BCUT2D eigenvalue weighted by atomic mass is 10.1. The minimum atomic E-state index is -0.600. The SMILES string of the molecule is CCn1cc(C2CC2C(=O)C(=CN(C)C)C(=O)OC)nn1. The Labute approximate surface area is 123 Å². The summed E-state index contributed by atoms with van der Waals surface area (Å²) in [5.41, 5.74) is 0.891. The maximum Gasteiger partial charge on any atom is 0.342 e. The highest BCUT2D eigenvalue weighted by molar-refractivity contribution is 6.19. The second-order valence-corrected chi connectivity index (χ2v) is 5.31. The molecule has 2 atom stereocenters. The number of esters is 1. The van der Waals surface area contributed by atoms with Crippen LogP contribution in [0.5, 0.6) is 0 Å². The van der Waals surface area contributed by atoms with E-state index >= 15 is 0 Å². The van der Waals surface area contributed by atoms with Gasteiger partial charge >= 0.3 is 5.97 Å². The van der Waals surface area contributed by atoms with Crippen molar-refractivity contribution in [3.05, 3.63) is 23.7 Å². The number of aryl methyl sites for hydroxylation is 1. The van der Waals surface area contributed by atoms with E-state index in [4.69, 9.17) is 0 Å². The second kappa shape index (κ2) is 6.07. The number of carbonyl (C=O) groups is 2. The third-order valence-electron chi connectivity index (χ3n) is 3.45. The summed E-state index contributed by atoms with van der Waals surface area (Å²) in [7, 11) is 4.79. The van der Waals surface area contributed by atoms with Crippen molar-refractivity contribution in [1.82, 2.24) is 19.9 Å². The van der Waals surface area contributed by atoms with E-state index in [0.717, 1.165) is 12.2 Å². The van der Waals surface area contributed by atoms with Crippen molar-refractivity contribution in [3.8, 4) is 0 Å². The predicted molar refractivity (Wildman–Crippen MR) is 75.3 cm³/mol. The number of rotatable bonds is 6. The average Bonchev–Trinajstić information content (AvgIpc) is 3.12. The van der Waals surface area contributed by atoms with E-state index in [1.54, 1.807) is 23.7 Å². The first-order chi connectivity index (χ1) is 9.97. The van der Waals surface area contributed by atoms with E-state index in [1.165, 1.54) is 13.3 Å². The Hall–Kier alpha value is -2.18. The number of ketones is 1. The van der Waals surface area contributed by atoms with Crippen LogP contribution in [0.25, 0.3) is 0 Å². The molecule has 1 aliphatic carbocycles. The molecular weight excluding hydrogens is 272 g/mol. The first-order valence-corrected chi connectivity index (χ1v) is 6.88. The maximum atomic E-state index is 12.5. The summed E-state index contributed by atoms with van der Waals surface area (Å²) in [4.78, 5) is 25.9. The zero-order valence-electron chi connectivity index (χ0n) is 12.7. The maximum absolute atomic E-state index is 12.5. The van der Waals surface area contributed by atoms with Crippen molar-refractivity contribution in [3.63, 3.8) is 0 Å². The van der Waals surface area contributed by atoms with Crippen molar-refractivity contribution in [2.24, 2.45) is 5.92 Å². The molecule has 0 bridgehead atoms. The number of hydrogen-bond donors (Lipinski definition) is 0. The molecule has 1 heterocycles.